The lowest BCUT2D eigenvalue weighted by molar-refractivity contribution is 1.43. The van der Waals surface area contributed by atoms with Crippen LogP contribution in [0.15, 0.2) is 12.1 Å². The third-order valence-electron chi connectivity index (χ3n) is 1.56. The van der Waals surface area contributed by atoms with Crippen molar-refractivity contribution in [1.82, 2.24) is 0 Å². The molecule has 0 heterocycles. The van der Waals surface area contributed by atoms with E-state index < -0.39 is 0 Å². The Balaban J connectivity index is 3.31. The summed E-state index contributed by atoms with van der Waals surface area (Å²) in [6.45, 7) is 4.24. The molecule has 0 amide bonds. The minimum Gasteiger partial charge on any atom is -0.105 e. The van der Waals surface area contributed by atoms with Crippen LogP contribution in [0.2, 0.25) is 0 Å². The lowest BCUT2D eigenvalue weighted by Gasteiger charge is -2.04. The summed E-state index contributed by atoms with van der Waals surface area (Å²) in [7, 11) is 5.48. The van der Waals surface area contributed by atoms with Gasteiger partial charge in [0.2, 0.25) is 0 Å². The Kier molecular flexibility index (Phi) is 2.45. The van der Waals surface area contributed by atoms with Crippen LogP contribution >= 0.6 is 18.5 Å². The predicted octanol–water partition coefficient (Wildman–Crippen LogP) is 1.30. The van der Waals surface area contributed by atoms with Gasteiger partial charge in [-0.25, -0.2) is 0 Å². The van der Waals surface area contributed by atoms with Crippen molar-refractivity contribution in [3.8, 4) is 0 Å². The van der Waals surface area contributed by atoms with Gasteiger partial charge in [-0.2, -0.15) is 0 Å². The fraction of sp³-hybridized carbons (Fsp3) is 0.250. The smallest absolute Gasteiger partial charge is 0.0202 e. The quantitative estimate of drug-likeness (QED) is 0.515. The summed E-state index contributed by atoms with van der Waals surface area (Å²) in [6, 6.07) is 4.36. The lowest BCUT2D eigenvalue weighted by atomic mass is 10.2. The third kappa shape index (κ3) is 1.57. The number of hydrogen-bond acceptors (Lipinski definition) is 0. The highest BCUT2D eigenvalue weighted by molar-refractivity contribution is 7.36. The number of rotatable bonds is 0. The Labute approximate surface area is 66.8 Å². The molecule has 0 radical (unpaired) electrons. The van der Waals surface area contributed by atoms with Gasteiger partial charge in [-0.05, 0) is 30.0 Å². The largest absolute Gasteiger partial charge is 0.105 e. The number of aryl methyl sites for hydroxylation is 2. The van der Waals surface area contributed by atoms with Gasteiger partial charge in [-0.15, -0.1) is 18.5 Å². The molecule has 0 aliphatic heterocycles. The molecule has 0 spiro atoms. The highest BCUT2D eigenvalue weighted by Gasteiger charge is 1.96. The first kappa shape index (κ1) is 8.18. The highest BCUT2D eigenvalue weighted by atomic mass is 31.0. The third-order valence-corrected chi connectivity index (χ3v) is 3.16. The molecule has 54 valence electrons. The molecular formula is C8H12P2. The molecule has 0 saturated carbocycles. The molecule has 0 aliphatic carbocycles. The molecule has 2 unspecified atom stereocenters. The zero-order chi connectivity index (χ0) is 7.72. The molecule has 1 rings (SSSR count). The van der Waals surface area contributed by atoms with Crippen molar-refractivity contribution in [3.63, 3.8) is 0 Å². The van der Waals surface area contributed by atoms with E-state index in [1.165, 1.54) is 21.7 Å². The second kappa shape index (κ2) is 2.99. The van der Waals surface area contributed by atoms with Crippen molar-refractivity contribution >= 4 is 29.1 Å². The Bertz CT molecular complexity index is 230. The van der Waals surface area contributed by atoms with E-state index in [0.29, 0.717) is 0 Å². The number of benzene rings is 1. The van der Waals surface area contributed by atoms with E-state index in [2.05, 4.69) is 44.5 Å². The Morgan fingerprint density at radius 3 is 2.20 bits per heavy atom. The summed E-state index contributed by atoms with van der Waals surface area (Å²) < 4.78 is 0. The van der Waals surface area contributed by atoms with E-state index in [1.54, 1.807) is 0 Å². The Hall–Kier alpha value is 0.0800. The first-order chi connectivity index (χ1) is 4.61. The van der Waals surface area contributed by atoms with Crippen LogP contribution in [0.1, 0.15) is 11.1 Å². The van der Waals surface area contributed by atoms with Crippen molar-refractivity contribution in [2.75, 3.05) is 0 Å². The molecule has 0 saturated heterocycles. The molecule has 0 aliphatic rings. The van der Waals surface area contributed by atoms with E-state index in [9.17, 15) is 0 Å². The lowest BCUT2D eigenvalue weighted by Crippen LogP contribution is -2.14. The summed E-state index contributed by atoms with van der Waals surface area (Å²) >= 11 is 0. The van der Waals surface area contributed by atoms with Gasteiger partial charge >= 0.3 is 0 Å². The zero-order valence-electron chi connectivity index (χ0n) is 6.31. The molecular weight excluding hydrogens is 158 g/mol. The van der Waals surface area contributed by atoms with Crippen LogP contribution in [0, 0.1) is 13.8 Å². The Morgan fingerprint density at radius 1 is 1.10 bits per heavy atom. The van der Waals surface area contributed by atoms with E-state index in [0.717, 1.165) is 0 Å². The zero-order valence-corrected chi connectivity index (χ0v) is 8.62. The normalized spacial score (nSPS) is 10.0. The molecule has 0 nitrogen and oxygen atoms in total. The van der Waals surface area contributed by atoms with Crippen molar-refractivity contribution in [2.24, 2.45) is 0 Å². The van der Waals surface area contributed by atoms with Gasteiger partial charge in [0.1, 0.15) is 0 Å². The minimum atomic E-state index is 1.28. The summed E-state index contributed by atoms with van der Waals surface area (Å²) in [6.07, 6.45) is 0. The summed E-state index contributed by atoms with van der Waals surface area (Å²) in [5, 5.41) is 2.58. The molecule has 0 N–H and O–H groups in total. The van der Waals surface area contributed by atoms with Crippen LogP contribution in [0.3, 0.4) is 0 Å². The first-order valence-electron chi connectivity index (χ1n) is 3.23. The topological polar surface area (TPSA) is 0 Å². The van der Waals surface area contributed by atoms with Gasteiger partial charge in [0.05, 0.1) is 0 Å². The van der Waals surface area contributed by atoms with Gasteiger partial charge in [-0.3, -0.25) is 0 Å². The van der Waals surface area contributed by atoms with Crippen molar-refractivity contribution < 1.29 is 0 Å². The average Bonchev–Trinajstić information content (AvgIpc) is 1.82. The second-order valence-electron chi connectivity index (χ2n) is 2.58. The van der Waals surface area contributed by atoms with E-state index in [4.69, 9.17) is 0 Å². The van der Waals surface area contributed by atoms with Gasteiger partial charge in [0.15, 0.2) is 0 Å². The van der Waals surface area contributed by atoms with Gasteiger partial charge in [-0.1, -0.05) is 17.7 Å². The van der Waals surface area contributed by atoms with Crippen LogP contribution in [0.4, 0.5) is 0 Å². The molecule has 0 fully saturated rings. The molecule has 0 aromatic heterocycles. The molecule has 0 bridgehead atoms. The monoisotopic (exact) mass is 170 g/mol. The van der Waals surface area contributed by atoms with Crippen molar-refractivity contribution in [3.05, 3.63) is 23.3 Å². The van der Waals surface area contributed by atoms with E-state index in [1.807, 2.05) is 0 Å². The first-order valence-corrected chi connectivity index (χ1v) is 4.39. The van der Waals surface area contributed by atoms with Crippen molar-refractivity contribution in [2.45, 2.75) is 13.8 Å². The SMILES string of the molecule is Cc1cc(C)c(P)c(P)c1. The predicted molar refractivity (Wildman–Crippen MR) is 54.6 cm³/mol. The maximum atomic E-state index is 2.75. The van der Waals surface area contributed by atoms with Crippen LogP contribution in [0.5, 0.6) is 0 Å². The fourth-order valence-corrected chi connectivity index (χ4v) is 1.67. The standard InChI is InChI=1S/C8H12P2/c1-5-3-6(2)8(10)7(9)4-5/h3-4H,9-10H2,1-2H3. The van der Waals surface area contributed by atoms with Gasteiger partial charge < -0.3 is 0 Å². The van der Waals surface area contributed by atoms with Crippen LogP contribution in [-0.4, -0.2) is 0 Å². The summed E-state index contributed by atoms with van der Waals surface area (Å²) in [5.41, 5.74) is 2.67. The minimum absolute atomic E-state index is 1.28. The maximum absolute atomic E-state index is 2.75. The van der Waals surface area contributed by atoms with Gasteiger partial charge in [0.25, 0.3) is 0 Å². The molecule has 10 heavy (non-hydrogen) atoms. The van der Waals surface area contributed by atoms with E-state index in [-0.39, 0.29) is 0 Å². The maximum Gasteiger partial charge on any atom is -0.0202 e. The highest BCUT2D eigenvalue weighted by Crippen LogP contribution is 2.03. The van der Waals surface area contributed by atoms with E-state index >= 15 is 0 Å². The molecule has 1 aromatic rings. The molecule has 2 heteroatoms. The fourth-order valence-electron chi connectivity index (χ4n) is 1.01. The van der Waals surface area contributed by atoms with Gasteiger partial charge in [0, 0.05) is 0 Å². The summed E-state index contributed by atoms with van der Waals surface area (Å²) in [4.78, 5) is 0. The van der Waals surface area contributed by atoms with Crippen LogP contribution in [0.25, 0.3) is 0 Å². The molecule has 2 atom stereocenters. The Morgan fingerprint density at radius 2 is 1.70 bits per heavy atom. The van der Waals surface area contributed by atoms with Crippen LogP contribution in [-0.2, 0) is 0 Å². The average molecular weight is 170 g/mol. The molecule has 1 aromatic carbocycles. The number of hydrogen-bond donors (Lipinski definition) is 0. The summed E-state index contributed by atoms with van der Waals surface area (Å²) in [5.74, 6) is 0. The van der Waals surface area contributed by atoms with Crippen LogP contribution < -0.4 is 10.6 Å². The second-order valence-corrected chi connectivity index (χ2v) is 3.78. The van der Waals surface area contributed by atoms with Crippen molar-refractivity contribution in [1.29, 1.82) is 0 Å².